The van der Waals surface area contributed by atoms with Crippen LogP contribution >= 0.6 is 11.6 Å². The van der Waals surface area contributed by atoms with Crippen LogP contribution in [0.2, 0.25) is 5.02 Å². The van der Waals surface area contributed by atoms with Crippen molar-refractivity contribution in [1.29, 1.82) is 0 Å². The molecule has 2 fully saturated rings. The molecule has 2 aliphatic rings. The lowest BCUT2D eigenvalue weighted by Gasteiger charge is -2.32. The van der Waals surface area contributed by atoms with Crippen molar-refractivity contribution < 1.29 is 9.59 Å². The summed E-state index contributed by atoms with van der Waals surface area (Å²) in [5, 5.41) is 6.45. The van der Waals surface area contributed by atoms with E-state index in [-0.39, 0.29) is 17.9 Å². The van der Waals surface area contributed by atoms with Gasteiger partial charge in [-0.15, -0.1) is 0 Å². The van der Waals surface area contributed by atoms with E-state index in [1.54, 1.807) is 23.1 Å². The lowest BCUT2D eigenvalue weighted by atomic mass is 9.97. The van der Waals surface area contributed by atoms with Gasteiger partial charge in [0.05, 0.1) is 5.92 Å². The maximum absolute atomic E-state index is 12.4. The molecule has 0 spiro atoms. The van der Waals surface area contributed by atoms with E-state index in [0.717, 1.165) is 32.2 Å². The van der Waals surface area contributed by atoms with Gasteiger partial charge in [0.15, 0.2) is 0 Å². The fourth-order valence-corrected chi connectivity index (χ4v) is 2.87. The standard InChI is InChI=1S/C16H20ClN3O2/c17-12-4-1-5-14(9-12)18-15(21)11-3-2-8-20(10-11)16(22)19-13-6-7-13/h1,4-5,9,11,13H,2-3,6-8,10H2,(H,18,21)(H,19,22). The van der Waals surface area contributed by atoms with E-state index in [1.807, 2.05) is 6.07 Å². The number of nitrogens with one attached hydrogen (secondary N) is 2. The molecule has 3 rings (SSSR count). The van der Waals surface area contributed by atoms with E-state index in [1.165, 1.54) is 0 Å². The molecule has 1 saturated carbocycles. The maximum Gasteiger partial charge on any atom is 0.317 e. The number of carbonyl (C=O) groups is 2. The number of amides is 3. The number of piperidine rings is 1. The lowest BCUT2D eigenvalue weighted by Crippen LogP contribution is -2.48. The zero-order valence-electron chi connectivity index (χ0n) is 12.3. The van der Waals surface area contributed by atoms with Gasteiger partial charge in [0.2, 0.25) is 5.91 Å². The van der Waals surface area contributed by atoms with Crippen LogP contribution in [0.15, 0.2) is 24.3 Å². The van der Waals surface area contributed by atoms with Crippen LogP contribution in [0.4, 0.5) is 10.5 Å². The van der Waals surface area contributed by atoms with E-state index in [2.05, 4.69) is 10.6 Å². The second-order valence-electron chi connectivity index (χ2n) is 6.01. The predicted molar refractivity (Wildman–Crippen MR) is 85.9 cm³/mol. The number of likely N-dealkylation sites (tertiary alicyclic amines) is 1. The fourth-order valence-electron chi connectivity index (χ4n) is 2.68. The van der Waals surface area contributed by atoms with Crippen LogP contribution in [-0.4, -0.2) is 36.0 Å². The number of rotatable bonds is 3. The van der Waals surface area contributed by atoms with Crippen LogP contribution < -0.4 is 10.6 Å². The topological polar surface area (TPSA) is 61.4 Å². The van der Waals surface area contributed by atoms with Crippen LogP contribution in [0, 0.1) is 5.92 Å². The highest BCUT2D eigenvalue weighted by Crippen LogP contribution is 2.22. The van der Waals surface area contributed by atoms with Crippen LogP contribution in [-0.2, 0) is 4.79 Å². The van der Waals surface area contributed by atoms with Crippen molar-refractivity contribution in [2.45, 2.75) is 31.7 Å². The van der Waals surface area contributed by atoms with E-state index >= 15 is 0 Å². The molecule has 0 bridgehead atoms. The van der Waals surface area contributed by atoms with Crippen LogP contribution in [0.3, 0.4) is 0 Å². The van der Waals surface area contributed by atoms with Crippen molar-refractivity contribution >= 4 is 29.2 Å². The molecule has 118 valence electrons. The number of halogens is 1. The molecule has 1 aliphatic heterocycles. The average Bonchev–Trinajstić information content (AvgIpc) is 3.31. The van der Waals surface area contributed by atoms with Gasteiger partial charge in [0.25, 0.3) is 0 Å². The quantitative estimate of drug-likeness (QED) is 0.899. The Morgan fingerprint density at radius 1 is 1.23 bits per heavy atom. The second-order valence-corrected chi connectivity index (χ2v) is 6.44. The van der Waals surface area contributed by atoms with Gasteiger partial charge >= 0.3 is 6.03 Å². The lowest BCUT2D eigenvalue weighted by molar-refractivity contribution is -0.121. The molecule has 1 atom stereocenters. The Bertz CT molecular complexity index is 574. The number of benzene rings is 1. The Morgan fingerprint density at radius 2 is 2.05 bits per heavy atom. The normalized spacial score (nSPS) is 21.3. The van der Waals surface area contributed by atoms with Crippen LogP contribution in [0.25, 0.3) is 0 Å². The van der Waals surface area contributed by atoms with Gasteiger partial charge in [-0.2, -0.15) is 0 Å². The summed E-state index contributed by atoms with van der Waals surface area (Å²) in [5.41, 5.74) is 0.692. The summed E-state index contributed by atoms with van der Waals surface area (Å²) in [6.07, 6.45) is 3.79. The van der Waals surface area contributed by atoms with Gasteiger partial charge in [-0.25, -0.2) is 4.79 Å². The SMILES string of the molecule is O=C(Nc1cccc(Cl)c1)C1CCCN(C(=O)NC2CC2)C1. The third kappa shape index (κ3) is 3.91. The molecule has 1 aromatic rings. The molecule has 5 nitrogen and oxygen atoms in total. The number of carbonyl (C=O) groups excluding carboxylic acids is 2. The molecule has 1 saturated heterocycles. The summed E-state index contributed by atoms with van der Waals surface area (Å²) in [6.45, 7) is 1.20. The molecule has 1 aliphatic carbocycles. The Labute approximate surface area is 135 Å². The summed E-state index contributed by atoms with van der Waals surface area (Å²) in [6, 6.07) is 7.40. The van der Waals surface area contributed by atoms with Crippen molar-refractivity contribution in [3.05, 3.63) is 29.3 Å². The minimum absolute atomic E-state index is 0.0391. The Morgan fingerprint density at radius 3 is 2.77 bits per heavy atom. The first-order valence-electron chi connectivity index (χ1n) is 7.74. The highest BCUT2D eigenvalue weighted by atomic mass is 35.5. The van der Waals surface area contributed by atoms with E-state index in [9.17, 15) is 9.59 Å². The number of anilines is 1. The number of hydrogen-bond acceptors (Lipinski definition) is 2. The van der Waals surface area contributed by atoms with Gasteiger partial charge in [-0.1, -0.05) is 17.7 Å². The summed E-state index contributed by atoms with van der Waals surface area (Å²) < 4.78 is 0. The van der Waals surface area contributed by atoms with Gasteiger partial charge in [-0.3, -0.25) is 4.79 Å². The maximum atomic E-state index is 12.4. The van der Waals surface area contributed by atoms with Crippen molar-refractivity contribution in [1.82, 2.24) is 10.2 Å². The molecule has 0 radical (unpaired) electrons. The largest absolute Gasteiger partial charge is 0.335 e. The summed E-state index contributed by atoms with van der Waals surface area (Å²) in [4.78, 5) is 26.2. The second kappa shape index (κ2) is 6.57. The number of nitrogens with zero attached hydrogens (tertiary/aromatic N) is 1. The number of urea groups is 1. The summed E-state index contributed by atoms with van der Waals surface area (Å²) in [7, 11) is 0. The smallest absolute Gasteiger partial charge is 0.317 e. The zero-order chi connectivity index (χ0) is 15.5. The summed E-state index contributed by atoms with van der Waals surface area (Å²) in [5.74, 6) is -0.219. The monoisotopic (exact) mass is 321 g/mol. The third-order valence-corrected chi connectivity index (χ3v) is 4.31. The highest BCUT2D eigenvalue weighted by Gasteiger charge is 2.31. The van der Waals surface area contributed by atoms with E-state index in [4.69, 9.17) is 11.6 Å². The fraction of sp³-hybridized carbons (Fsp3) is 0.500. The Kier molecular flexibility index (Phi) is 4.52. The molecule has 1 aromatic carbocycles. The van der Waals surface area contributed by atoms with Crippen molar-refractivity contribution in [2.24, 2.45) is 5.92 Å². The molecule has 0 aromatic heterocycles. The van der Waals surface area contributed by atoms with Gasteiger partial charge < -0.3 is 15.5 Å². The molecule has 1 unspecified atom stereocenters. The van der Waals surface area contributed by atoms with Crippen molar-refractivity contribution in [2.75, 3.05) is 18.4 Å². The minimum Gasteiger partial charge on any atom is -0.335 e. The predicted octanol–water partition coefficient (Wildman–Crippen LogP) is 2.86. The molecule has 6 heteroatoms. The van der Waals surface area contributed by atoms with E-state index in [0.29, 0.717) is 23.3 Å². The van der Waals surface area contributed by atoms with Gasteiger partial charge in [0.1, 0.15) is 0 Å². The minimum atomic E-state index is -0.169. The molecule has 1 heterocycles. The van der Waals surface area contributed by atoms with Crippen LogP contribution in [0.5, 0.6) is 0 Å². The molecule has 3 amide bonds. The van der Waals surface area contributed by atoms with E-state index < -0.39 is 0 Å². The third-order valence-electron chi connectivity index (χ3n) is 4.08. The first kappa shape index (κ1) is 15.2. The van der Waals surface area contributed by atoms with Crippen molar-refractivity contribution in [3.63, 3.8) is 0 Å². The van der Waals surface area contributed by atoms with Gasteiger partial charge in [-0.05, 0) is 43.9 Å². The highest BCUT2D eigenvalue weighted by molar-refractivity contribution is 6.30. The zero-order valence-corrected chi connectivity index (χ0v) is 13.1. The Balaban J connectivity index is 1.56. The summed E-state index contributed by atoms with van der Waals surface area (Å²) >= 11 is 5.92. The Hall–Kier alpha value is -1.75. The average molecular weight is 322 g/mol. The van der Waals surface area contributed by atoms with Crippen molar-refractivity contribution in [3.8, 4) is 0 Å². The molecular formula is C16H20ClN3O2. The molecule has 2 N–H and O–H groups in total. The molecule has 22 heavy (non-hydrogen) atoms. The first-order valence-corrected chi connectivity index (χ1v) is 8.11. The first-order chi connectivity index (χ1) is 10.6. The number of hydrogen-bond donors (Lipinski definition) is 2. The van der Waals surface area contributed by atoms with Gasteiger partial charge in [0, 0.05) is 29.8 Å². The van der Waals surface area contributed by atoms with Crippen LogP contribution in [0.1, 0.15) is 25.7 Å². The molecular weight excluding hydrogens is 302 g/mol.